The quantitative estimate of drug-likeness (QED) is 0.392. The molecular formula is C10H26NO6P. The van der Waals surface area contributed by atoms with Crippen LogP contribution in [0.15, 0.2) is 0 Å². The Morgan fingerprint density at radius 1 is 0.889 bits per heavy atom. The molecule has 0 saturated carbocycles. The highest BCUT2D eigenvalue weighted by atomic mass is 31.2. The molecule has 0 amide bonds. The van der Waals surface area contributed by atoms with Gasteiger partial charge in [-0.25, -0.2) is 0 Å². The molecule has 0 radical (unpaired) electrons. The van der Waals surface area contributed by atoms with E-state index < -0.39 is 26.9 Å². The van der Waals surface area contributed by atoms with Crippen molar-refractivity contribution in [2.24, 2.45) is 0 Å². The number of aliphatic hydroxyl groups is 3. The Labute approximate surface area is 110 Å². The van der Waals surface area contributed by atoms with E-state index in [0.29, 0.717) is 19.6 Å². The summed E-state index contributed by atoms with van der Waals surface area (Å²) in [5.74, 6) is 0. The molecule has 7 nitrogen and oxygen atoms in total. The summed E-state index contributed by atoms with van der Waals surface area (Å²) in [6.07, 6.45) is -1.30. The summed E-state index contributed by atoms with van der Waals surface area (Å²) < 4.78 is 3.93. The van der Waals surface area contributed by atoms with Gasteiger partial charge in [-0.1, -0.05) is 0 Å². The van der Waals surface area contributed by atoms with Crippen LogP contribution in [-0.4, -0.2) is 75.1 Å². The van der Waals surface area contributed by atoms with Crippen LogP contribution in [0.2, 0.25) is 0 Å². The van der Waals surface area contributed by atoms with Gasteiger partial charge >= 0.3 is 8.60 Å². The minimum Gasteiger partial charge on any atom is -0.392 e. The highest BCUT2D eigenvalue weighted by Crippen LogP contribution is 2.20. The summed E-state index contributed by atoms with van der Waals surface area (Å²) in [6, 6.07) is 0. The Bertz CT molecular complexity index is 156. The van der Waals surface area contributed by atoms with E-state index in [-0.39, 0.29) is 0 Å². The van der Waals surface area contributed by atoms with E-state index in [2.05, 4.69) is 4.52 Å². The van der Waals surface area contributed by atoms with E-state index in [1.165, 1.54) is 7.11 Å². The maximum atomic E-state index is 9.14. The lowest BCUT2D eigenvalue weighted by atomic mass is 10.2. The van der Waals surface area contributed by atoms with Crippen molar-refractivity contribution in [3.63, 3.8) is 0 Å². The Morgan fingerprint density at radius 3 is 1.22 bits per heavy atom. The maximum Gasteiger partial charge on any atom is 0.326 e. The molecule has 0 aliphatic heterocycles. The van der Waals surface area contributed by atoms with Gasteiger partial charge in [0, 0.05) is 26.7 Å². The van der Waals surface area contributed by atoms with Crippen LogP contribution in [0.3, 0.4) is 0 Å². The number of nitrogens with zero attached hydrogens (tertiary/aromatic N) is 1. The van der Waals surface area contributed by atoms with Crippen molar-refractivity contribution >= 4 is 8.60 Å². The molecule has 0 aliphatic carbocycles. The molecule has 8 heteroatoms. The van der Waals surface area contributed by atoms with E-state index in [4.69, 9.17) is 25.1 Å². The number of hydrogen-bond acceptors (Lipinski definition) is 7. The molecule has 3 atom stereocenters. The fraction of sp³-hybridized carbons (Fsp3) is 1.00. The van der Waals surface area contributed by atoms with E-state index in [1.54, 1.807) is 20.8 Å². The van der Waals surface area contributed by atoms with Crippen molar-refractivity contribution in [2.45, 2.75) is 39.1 Å². The van der Waals surface area contributed by atoms with E-state index in [0.717, 1.165) is 0 Å². The second-order valence-electron chi connectivity index (χ2n) is 4.20. The summed E-state index contributed by atoms with van der Waals surface area (Å²) in [6.45, 7) is 6.52. The standard InChI is InChI=1S/C9H21NO3.CH5O3P/c1-7(11)4-10(5-8(2)12)6-9(3)13;1-4-5(2)3/h7-9,11-13H,4-6H2,1-3H3;2-3H,1H3. The zero-order valence-electron chi connectivity index (χ0n) is 11.4. The summed E-state index contributed by atoms with van der Waals surface area (Å²) in [5.41, 5.74) is 0. The molecule has 0 saturated heterocycles. The van der Waals surface area contributed by atoms with E-state index in [1.807, 2.05) is 4.90 Å². The molecule has 0 fully saturated rings. The largest absolute Gasteiger partial charge is 0.392 e. The molecule has 0 aromatic rings. The number of hydrogen-bond donors (Lipinski definition) is 5. The zero-order valence-corrected chi connectivity index (χ0v) is 12.3. The summed E-state index contributed by atoms with van der Waals surface area (Å²) in [4.78, 5) is 17.4. The fourth-order valence-electron chi connectivity index (χ4n) is 1.34. The monoisotopic (exact) mass is 287 g/mol. The molecule has 0 spiro atoms. The van der Waals surface area contributed by atoms with Crippen molar-refractivity contribution in [3.05, 3.63) is 0 Å². The first kappa shape index (κ1) is 20.5. The van der Waals surface area contributed by atoms with Gasteiger partial charge in [0.05, 0.1) is 18.3 Å². The zero-order chi connectivity index (χ0) is 14.7. The lowest BCUT2D eigenvalue weighted by Gasteiger charge is -2.25. The van der Waals surface area contributed by atoms with Gasteiger partial charge in [0.1, 0.15) is 0 Å². The highest BCUT2D eigenvalue weighted by Gasteiger charge is 2.12. The van der Waals surface area contributed by atoms with Crippen LogP contribution in [-0.2, 0) is 4.52 Å². The Kier molecular flexibility index (Phi) is 13.9. The van der Waals surface area contributed by atoms with Crippen LogP contribution in [0.5, 0.6) is 0 Å². The lowest BCUT2D eigenvalue weighted by molar-refractivity contribution is 0.0530. The highest BCUT2D eigenvalue weighted by molar-refractivity contribution is 7.39. The Hall–Kier alpha value is 0.150. The van der Waals surface area contributed by atoms with Crippen LogP contribution in [0.25, 0.3) is 0 Å². The van der Waals surface area contributed by atoms with Gasteiger partial charge in [-0.15, -0.1) is 0 Å². The third kappa shape index (κ3) is 18.5. The third-order valence-electron chi connectivity index (χ3n) is 1.73. The van der Waals surface area contributed by atoms with Gasteiger partial charge in [-0.3, -0.25) is 4.90 Å². The molecule has 3 unspecified atom stereocenters. The van der Waals surface area contributed by atoms with Crippen molar-refractivity contribution < 1.29 is 29.6 Å². The fourth-order valence-corrected chi connectivity index (χ4v) is 1.34. The molecule has 0 rings (SSSR count). The second kappa shape index (κ2) is 12.2. The first-order chi connectivity index (χ1) is 8.18. The van der Waals surface area contributed by atoms with Crippen LogP contribution in [0, 0.1) is 0 Å². The molecule has 0 aromatic heterocycles. The summed E-state index contributed by atoms with van der Waals surface area (Å²) in [7, 11) is -0.870. The predicted octanol–water partition coefficient (Wildman–Crippen LogP) is -0.725. The molecule has 5 N–H and O–H groups in total. The van der Waals surface area contributed by atoms with Crippen LogP contribution in [0.4, 0.5) is 0 Å². The maximum absolute atomic E-state index is 9.14. The van der Waals surface area contributed by atoms with Crippen molar-refractivity contribution in [3.8, 4) is 0 Å². The molecule has 0 heterocycles. The van der Waals surface area contributed by atoms with Gasteiger partial charge in [-0.05, 0) is 20.8 Å². The van der Waals surface area contributed by atoms with Gasteiger partial charge in [0.2, 0.25) is 0 Å². The average Bonchev–Trinajstić information content (AvgIpc) is 2.14. The Balaban J connectivity index is 0. The van der Waals surface area contributed by atoms with Crippen molar-refractivity contribution in [1.29, 1.82) is 0 Å². The Morgan fingerprint density at radius 2 is 1.11 bits per heavy atom. The molecule has 0 aromatic carbocycles. The molecule has 18 heavy (non-hydrogen) atoms. The van der Waals surface area contributed by atoms with Gasteiger partial charge in [0.15, 0.2) is 0 Å². The predicted molar refractivity (Wildman–Crippen MR) is 69.8 cm³/mol. The van der Waals surface area contributed by atoms with Crippen LogP contribution < -0.4 is 0 Å². The van der Waals surface area contributed by atoms with Crippen molar-refractivity contribution in [2.75, 3.05) is 26.7 Å². The summed E-state index contributed by atoms with van der Waals surface area (Å²) in [5, 5.41) is 27.4. The van der Waals surface area contributed by atoms with Gasteiger partial charge in [-0.2, -0.15) is 0 Å². The average molecular weight is 287 g/mol. The smallest absolute Gasteiger partial charge is 0.326 e. The first-order valence-corrected chi connectivity index (χ1v) is 6.84. The van der Waals surface area contributed by atoms with Gasteiger partial charge in [0.25, 0.3) is 0 Å². The topological polar surface area (TPSA) is 114 Å². The number of rotatable bonds is 7. The minimum atomic E-state index is -2.10. The molecule has 0 bridgehead atoms. The van der Waals surface area contributed by atoms with Crippen LogP contribution >= 0.6 is 8.60 Å². The number of aliphatic hydroxyl groups excluding tert-OH is 3. The second-order valence-corrected chi connectivity index (χ2v) is 5.07. The van der Waals surface area contributed by atoms with Crippen molar-refractivity contribution in [1.82, 2.24) is 4.90 Å². The van der Waals surface area contributed by atoms with Gasteiger partial charge < -0.3 is 29.6 Å². The van der Waals surface area contributed by atoms with Crippen LogP contribution in [0.1, 0.15) is 20.8 Å². The summed E-state index contributed by atoms with van der Waals surface area (Å²) >= 11 is 0. The molecular weight excluding hydrogens is 261 g/mol. The molecule has 0 aliphatic rings. The molecule has 112 valence electrons. The van der Waals surface area contributed by atoms with E-state index >= 15 is 0 Å². The van der Waals surface area contributed by atoms with E-state index in [9.17, 15) is 0 Å². The first-order valence-electron chi connectivity index (χ1n) is 5.67. The normalized spacial score (nSPS) is 16.2. The lowest BCUT2D eigenvalue weighted by Crippen LogP contribution is -2.40. The minimum absolute atomic E-state index is 0.433. The third-order valence-corrected chi connectivity index (χ3v) is 2.06. The SMILES string of the molecule is CC(O)CN(CC(C)O)CC(C)O.COP(O)O.